The van der Waals surface area contributed by atoms with Crippen LogP contribution in [0.25, 0.3) is 0 Å². The third kappa shape index (κ3) is 3.56. The first kappa shape index (κ1) is 17.6. The van der Waals surface area contributed by atoms with Gasteiger partial charge in [-0.05, 0) is 36.8 Å². The van der Waals surface area contributed by atoms with Crippen LogP contribution in [0.2, 0.25) is 0 Å². The third-order valence-corrected chi connectivity index (χ3v) is 4.04. The quantitative estimate of drug-likeness (QED) is 0.890. The van der Waals surface area contributed by atoms with Crippen LogP contribution in [0.15, 0.2) is 36.4 Å². The molecule has 2 amide bonds. The number of carbonyl (C=O) groups excluding carboxylic acids is 2. The van der Waals surface area contributed by atoms with Gasteiger partial charge in [0.25, 0.3) is 5.91 Å². The van der Waals surface area contributed by atoms with E-state index in [4.69, 9.17) is 14.2 Å². The van der Waals surface area contributed by atoms with Crippen molar-refractivity contribution >= 4 is 23.2 Å². The van der Waals surface area contributed by atoms with Crippen LogP contribution < -0.4 is 24.4 Å². The highest BCUT2D eigenvalue weighted by molar-refractivity contribution is 6.05. The van der Waals surface area contributed by atoms with Gasteiger partial charge in [0, 0.05) is 6.07 Å². The number of fused-ring (bicyclic) bond motifs is 1. The summed E-state index contributed by atoms with van der Waals surface area (Å²) in [6.45, 7) is 1.72. The van der Waals surface area contributed by atoms with E-state index in [0.717, 1.165) is 5.56 Å². The van der Waals surface area contributed by atoms with Crippen LogP contribution in [0.1, 0.15) is 5.56 Å². The van der Waals surface area contributed by atoms with Gasteiger partial charge in [0.05, 0.1) is 25.6 Å². The lowest BCUT2D eigenvalue weighted by atomic mass is 10.1. The lowest BCUT2D eigenvalue weighted by molar-refractivity contribution is -0.123. The minimum Gasteiger partial charge on any atom is -0.497 e. The van der Waals surface area contributed by atoms with Crippen LogP contribution in [0.4, 0.5) is 11.4 Å². The number of rotatable bonds is 5. The van der Waals surface area contributed by atoms with E-state index >= 15 is 0 Å². The Kier molecular flexibility index (Phi) is 4.97. The summed E-state index contributed by atoms with van der Waals surface area (Å²) in [4.78, 5) is 26.2. The van der Waals surface area contributed by atoms with Gasteiger partial charge >= 0.3 is 0 Å². The van der Waals surface area contributed by atoms with Crippen molar-refractivity contribution in [3.63, 3.8) is 0 Å². The predicted molar refractivity (Wildman–Crippen MR) is 97.2 cm³/mol. The number of nitrogens with zero attached hydrogens (tertiary/aromatic N) is 1. The third-order valence-electron chi connectivity index (χ3n) is 4.04. The molecule has 0 saturated carbocycles. The second-order valence-electron chi connectivity index (χ2n) is 5.85. The molecule has 1 heterocycles. The molecule has 1 aliphatic heterocycles. The fraction of sp³-hybridized carbons (Fsp3) is 0.263. The van der Waals surface area contributed by atoms with Crippen molar-refractivity contribution in [3.8, 4) is 17.2 Å². The Bertz CT molecular complexity index is 850. The highest BCUT2D eigenvalue weighted by Crippen LogP contribution is 2.33. The second kappa shape index (κ2) is 7.35. The zero-order valence-electron chi connectivity index (χ0n) is 14.9. The van der Waals surface area contributed by atoms with Gasteiger partial charge in [-0.2, -0.15) is 0 Å². The van der Waals surface area contributed by atoms with Crippen molar-refractivity contribution in [1.82, 2.24) is 0 Å². The Labute approximate surface area is 151 Å². The zero-order valence-corrected chi connectivity index (χ0v) is 14.9. The Morgan fingerprint density at radius 1 is 1.19 bits per heavy atom. The second-order valence-corrected chi connectivity index (χ2v) is 5.85. The molecule has 0 atom stereocenters. The predicted octanol–water partition coefficient (Wildman–Crippen LogP) is 2.38. The minimum atomic E-state index is -0.349. The first-order valence-electron chi connectivity index (χ1n) is 8.07. The summed E-state index contributed by atoms with van der Waals surface area (Å²) < 4.78 is 15.9. The molecule has 0 radical (unpaired) electrons. The molecule has 0 unspecified atom stereocenters. The molecule has 0 bridgehead atoms. The van der Waals surface area contributed by atoms with E-state index in [1.807, 2.05) is 19.1 Å². The topological polar surface area (TPSA) is 77.1 Å². The molecule has 0 fully saturated rings. The van der Waals surface area contributed by atoms with Crippen LogP contribution in [0.3, 0.4) is 0 Å². The molecule has 2 aromatic carbocycles. The average molecular weight is 356 g/mol. The molecular formula is C19H20N2O5. The Morgan fingerprint density at radius 2 is 2.00 bits per heavy atom. The van der Waals surface area contributed by atoms with E-state index in [2.05, 4.69) is 5.32 Å². The number of ether oxygens (including phenoxy) is 3. The highest BCUT2D eigenvalue weighted by Gasteiger charge is 2.27. The number of aryl methyl sites for hydroxylation is 1. The van der Waals surface area contributed by atoms with Gasteiger partial charge in [-0.15, -0.1) is 0 Å². The maximum atomic E-state index is 12.5. The molecule has 0 spiro atoms. The molecule has 26 heavy (non-hydrogen) atoms. The van der Waals surface area contributed by atoms with Crippen molar-refractivity contribution in [2.45, 2.75) is 6.92 Å². The van der Waals surface area contributed by atoms with Crippen LogP contribution in [-0.4, -0.2) is 39.2 Å². The molecule has 7 nitrogen and oxygen atoms in total. The van der Waals surface area contributed by atoms with Crippen molar-refractivity contribution in [2.24, 2.45) is 0 Å². The normalized spacial score (nSPS) is 12.9. The van der Waals surface area contributed by atoms with Crippen LogP contribution in [-0.2, 0) is 9.59 Å². The van der Waals surface area contributed by atoms with Crippen molar-refractivity contribution in [1.29, 1.82) is 0 Å². The maximum Gasteiger partial charge on any atom is 0.265 e. The molecule has 0 aliphatic carbocycles. The Balaban J connectivity index is 1.80. The number of nitrogens with one attached hydrogen (secondary N) is 1. The van der Waals surface area contributed by atoms with Gasteiger partial charge in [0.2, 0.25) is 5.91 Å². The summed E-state index contributed by atoms with van der Waals surface area (Å²) in [7, 11) is 3.06. The van der Waals surface area contributed by atoms with E-state index in [9.17, 15) is 9.59 Å². The summed E-state index contributed by atoms with van der Waals surface area (Å²) in [6.07, 6.45) is 0. The van der Waals surface area contributed by atoms with E-state index in [0.29, 0.717) is 28.6 Å². The monoisotopic (exact) mass is 356 g/mol. The highest BCUT2D eigenvalue weighted by atomic mass is 16.5. The standard InChI is InChI=1S/C19H20N2O5/c1-12-4-6-15-17(8-12)26-11-19(23)21(15)10-18(22)20-14-9-13(24-2)5-7-16(14)25-3/h4-9H,10-11H2,1-3H3,(H,20,22). The summed E-state index contributed by atoms with van der Waals surface area (Å²) in [6, 6.07) is 10.6. The summed E-state index contributed by atoms with van der Waals surface area (Å²) >= 11 is 0. The van der Waals surface area contributed by atoms with Gasteiger partial charge in [-0.3, -0.25) is 14.5 Å². The van der Waals surface area contributed by atoms with Gasteiger partial charge in [0.15, 0.2) is 6.61 Å². The summed E-state index contributed by atoms with van der Waals surface area (Å²) in [5.41, 5.74) is 2.07. The molecule has 136 valence electrons. The Morgan fingerprint density at radius 3 is 2.73 bits per heavy atom. The molecule has 1 aliphatic rings. The fourth-order valence-corrected chi connectivity index (χ4v) is 2.73. The first-order chi connectivity index (χ1) is 12.5. The lowest BCUT2D eigenvalue weighted by Gasteiger charge is -2.29. The minimum absolute atomic E-state index is 0.0911. The fourth-order valence-electron chi connectivity index (χ4n) is 2.73. The molecule has 1 N–H and O–H groups in total. The van der Waals surface area contributed by atoms with E-state index in [1.54, 1.807) is 31.4 Å². The number of hydrogen-bond acceptors (Lipinski definition) is 5. The number of hydrogen-bond donors (Lipinski definition) is 1. The van der Waals surface area contributed by atoms with E-state index in [-0.39, 0.29) is 25.0 Å². The molecule has 7 heteroatoms. The average Bonchev–Trinajstić information content (AvgIpc) is 2.64. The largest absolute Gasteiger partial charge is 0.497 e. The van der Waals surface area contributed by atoms with Crippen molar-refractivity contribution < 1.29 is 23.8 Å². The molecule has 2 aromatic rings. The number of carbonyl (C=O) groups is 2. The smallest absolute Gasteiger partial charge is 0.265 e. The Hall–Kier alpha value is -3.22. The molecule has 0 saturated heterocycles. The summed E-state index contributed by atoms with van der Waals surface area (Å²) in [5, 5.41) is 2.77. The summed E-state index contributed by atoms with van der Waals surface area (Å²) in [5.74, 6) is 1.07. The van der Waals surface area contributed by atoms with Gasteiger partial charge in [-0.25, -0.2) is 0 Å². The molecule has 0 aromatic heterocycles. The van der Waals surface area contributed by atoms with Crippen LogP contribution in [0.5, 0.6) is 17.2 Å². The van der Waals surface area contributed by atoms with E-state index in [1.165, 1.54) is 12.0 Å². The molecular weight excluding hydrogens is 336 g/mol. The first-order valence-corrected chi connectivity index (χ1v) is 8.07. The van der Waals surface area contributed by atoms with E-state index < -0.39 is 0 Å². The zero-order chi connectivity index (χ0) is 18.7. The lowest BCUT2D eigenvalue weighted by Crippen LogP contribution is -2.43. The van der Waals surface area contributed by atoms with Gasteiger partial charge in [-0.1, -0.05) is 6.07 Å². The van der Waals surface area contributed by atoms with Crippen molar-refractivity contribution in [3.05, 3.63) is 42.0 Å². The van der Waals surface area contributed by atoms with Crippen LogP contribution in [0, 0.1) is 6.92 Å². The van der Waals surface area contributed by atoms with Gasteiger partial charge in [0.1, 0.15) is 23.8 Å². The number of benzene rings is 2. The molecule has 3 rings (SSSR count). The number of anilines is 2. The van der Waals surface area contributed by atoms with Gasteiger partial charge < -0.3 is 19.5 Å². The SMILES string of the molecule is COc1ccc(OC)c(NC(=O)CN2C(=O)COc3cc(C)ccc32)c1. The maximum absolute atomic E-state index is 12.5. The van der Waals surface area contributed by atoms with Crippen LogP contribution >= 0.6 is 0 Å². The number of amides is 2. The number of methoxy groups -OCH3 is 2. The van der Waals surface area contributed by atoms with Crippen molar-refractivity contribution in [2.75, 3.05) is 37.6 Å².